The average Bonchev–Trinajstić information content (AvgIpc) is 3.42. The van der Waals surface area contributed by atoms with Crippen LogP contribution < -0.4 is 5.32 Å². The van der Waals surface area contributed by atoms with Crippen molar-refractivity contribution in [3.8, 4) is 0 Å². The molecule has 0 spiro atoms. The van der Waals surface area contributed by atoms with E-state index >= 15 is 0 Å². The summed E-state index contributed by atoms with van der Waals surface area (Å²) in [6.45, 7) is 3.11. The molecular weight excluding hydrogens is 390 g/mol. The molecule has 2 fully saturated rings. The molecule has 0 bridgehead atoms. The van der Waals surface area contributed by atoms with Crippen LogP contribution in [0.4, 0.5) is 5.00 Å². The third kappa shape index (κ3) is 4.70. The Morgan fingerprint density at radius 2 is 1.97 bits per heavy atom. The van der Waals surface area contributed by atoms with Gasteiger partial charge in [0.1, 0.15) is 0 Å². The predicted octanol–water partition coefficient (Wildman–Crippen LogP) is 3.46. The van der Waals surface area contributed by atoms with Gasteiger partial charge in [0.15, 0.2) is 5.76 Å². The second kappa shape index (κ2) is 8.82. The molecule has 8 heteroatoms. The molecule has 0 saturated carbocycles. The number of anilines is 1. The average molecular weight is 416 g/mol. The van der Waals surface area contributed by atoms with Gasteiger partial charge in [-0.15, -0.1) is 11.3 Å². The molecule has 3 amide bonds. The van der Waals surface area contributed by atoms with Gasteiger partial charge >= 0.3 is 0 Å². The first-order valence-corrected chi connectivity index (χ1v) is 10.9. The van der Waals surface area contributed by atoms with E-state index in [-0.39, 0.29) is 23.5 Å². The lowest BCUT2D eigenvalue weighted by atomic mass is 9.95. The maximum Gasteiger partial charge on any atom is 0.291 e. The number of nitrogens with one attached hydrogen (secondary N) is 1. The number of hydrogen-bond donors (Lipinski definition) is 1. The molecule has 0 unspecified atom stereocenters. The Morgan fingerprint density at radius 1 is 1.14 bits per heavy atom. The standard InChI is InChI=1S/C21H25N3O4S/c25-19-5-1-2-10-24(19)14-15-8-11-23(12-9-15)21(27)17-6-7-18(29-17)22-20(26)16-4-3-13-28-16/h3-4,6-7,13,15H,1-2,5,8-12,14H2,(H,22,26). The van der Waals surface area contributed by atoms with Crippen molar-refractivity contribution in [2.75, 3.05) is 31.5 Å². The molecule has 4 heterocycles. The van der Waals surface area contributed by atoms with E-state index in [1.165, 1.54) is 17.6 Å². The van der Waals surface area contributed by atoms with Crippen molar-refractivity contribution in [2.24, 2.45) is 5.92 Å². The van der Waals surface area contributed by atoms with E-state index in [4.69, 9.17) is 4.42 Å². The quantitative estimate of drug-likeness (QED) is 0.811. The van der Waals surface area contributed by atoms with Crippen LogP contribution in [0.15, 0.2) is 34.9 Å². The van der Waals surface area contributed by atoms with Gasteiger partial charge in [0.25, 0.3) is 11.8 Å². The van der Waals surface area contributed by atoms with Crippen molar-refractivity contribution in [3.63, 3.8) is 0 Å². The topological polar surface area (TPSA) is 82.9 Å². The van der Waals surface area contributed by atoms with Gasteiger partial charge in [0.05, 0.1) is 16.1 Å². The van der Waals surface area contributed by atoms with Crippen LogP contribution in [0.1, 0.15) is 52.3 Å². The lowest BCUT2D eigenvalue weighted by Crippen LogP contribution is -2.44. The second-order valence-electron chi connectivity index (χ2n) is 7.63. The number of carbonyl (C=O) groups is 3. The lowest BCUT2D eigenvalue weighted by Gasteiger charge is -2.36. The summed E-state index contributed by atoms with van der Waals surface area (Å²) in [7, 11) is 0. The second-order valence-corrected chi connectivity index (χ2v) is 8.71. The summed E-state index contributed by atoms with van der Waals surface area (Å²) in [6, 6.07) is 6.75. The first-order valence-electron chi connectivity index (χ1n) is 10.1. The predicted molar refractivity (Wildman–Crippen MR) is 110 cm³/mol. The Labute approximate surface area is 173 Å². The summed E-state index contributed by atoms with van der Waals surface area (Å²) < 4.78 is 5.08. The van der Waals surface area contributed by atoms with E-state index in [0.717, 1.165) is 38.8 Å². The number of piperidine rings is 2. The Bertz CT molecular complexity index is 868. The Balaban J connectivity index is 1.28. The monoisotopic (exact) mass is 415 g/mol. The summed E-state index contributed by atoms with van der Waals surface area (Å²) in [5.74, 6) is 0.649. The number of rotatable bonds is 5. The van der Waals surface area contributed by atoms with E-state index in [0.29, 0.717) is 35.3 Å². The van der Waals surface area contributed by atoms with E-state index in [1.807, 2.05) is 9.80 Å². The van der Waals surface area contributed by atoms with Crippen LogP contribution in [-0.2, 0) is 4.79 Å². The summed E-state index contributed by atoms with van der Waals surface area (Å²) >= 11 is 1.27. The minimum absolute atomic E-state index is 0.000923. The van der Waals surface area contributed by atoms with E-state index in [1.54, 1.807) is 24.3 Å². The van der Waals surface area contributed by atoms with Crippen LogP contribution in [0, 0.1) is 5.92 Å². The Morgan fingerprint density at radius 3 is 2.69 bits per heavy atom. The maximum atomic E-state index is 12.8. The molecule has 1 N–H and O–H groups in total. The van der Waals surface area contributed by atoms with Gasteiger partial charge in [-0.25, -0.2) is 0 Å². The molecule has 29 heavy (non-hydrogen) atoms. The number of amides is 3. The summed E-state index contributed by atoms with van der Waals surface area (Å²) in [5, 5.41) is 3.38. The first kappa shape index (κ1) is 19.7. The molecule has 0 atom stereocenters. The number of nitrogens with zero attached hydrogens (tertiary/aromatic N) is 2. The minimum atomic E-state index is -0.330. The van der Waals surface area contributed by atoms with Crippen molar-refractivity contribution in [1.82, 2.24) is 9.80 Å². The van der Waals surface area contributed by atoms with Gasteiger partial charge in [-0.2, -0.15) is 0 Å². The van der Waals surface area contributed by atoms with Gasteiger partial charge in [0, 0.05) is 32.6 Å². The minimum Gasteiger partial charge on any atom is -0.459 e. The lowest BCUT2D eigenvalue weighted by molar-refractivity contribution is -0.134. The molecule has 154 valence electrons. The van der Waals surface area contributed by atoms with Gasteiger partial charge in [0.2, 0.25) is 5.91 Å². The van der Waals surface area contributed by atoms with Gasteiger partial charge in [-0.1, -0.05) is 0 Å². The molecule has 7 nitrogen and oxygen atoms in total. The fourth-order valence-corrected chi connectivity index (χ4v) is 4.81. The Hall–Kier alpha value is -2.61. The first-order chi connectivity index (χ1) is 14.1. The SMILES string of the molecule is O=C(Nc1ccc(C(=O)N2CCC(CN3CCCCC3=O)CC2)s1)c1ccco1. The van der Waals surface area contributed by atoms with E-state index < -0.39 is 0 Å². The molecule has 4 rings (SSSR count). The highest BCUT2D eigenvalue weighted by Crippen LogP contribution is 2.27. The summed E-state index contributed by atoms with van der Waals surface area (Å²) in [5.41, 5.74) is 0. The number of carbonyl (C=O) groups excluding carboxylic acids is 3. The smallest absolute Gasteiger partial charge is 0.291 e. The number of hydrogen-bond acceptors (Lipinski definition) is 5. The highest BCUT2D eigenvalue weighted by atomic mass is 32.1. The summed E-state index contributed by atoms with van der Waals surface area (Å²) in [6.07, 6.45) is 6.07. The van der Waals surface area contributed by atoms with Crippen molar-refractivity contribution < 1.29 is 18.8 Å². The highest BCUT2D eigenvalue weighted by Gasteiger charge is 2.28. The fourth-order valence-electron chi connectivity index (χ4n) is 3.94. The molecule has 2 aliphatic rings. The van der Waals surface area contributed by atoms with Crippen LogP contribution in [0.5, 0.6) is 0 Å². The fraction of sp³-hybridized carbons (Fsp3) is 0.476. The Kier molecular flexibility index (Phi) is 5.99. The molecule has 2 saturated heterocycles. The van der Waals surface area contributed by atoms with Crippen LogP contribution in [-0.4, -0.2) is 53.7 Å². The van der Waals surface area contributed by atoms with Crippen molar-refractivity contribution in [2.45, 2.75) is 32.1 Å². The number of furan rings is 1. The van der Waals surface area contributed by atoms with Crippen molar-refractivity contribution in [1.29, 1.82) is 0 Å². The number of thiophene rings is 1. The number of likely N-dealkylation sites (tertiary alicyclic amines) is 2. The molecule has 2 aliphatic heterocycles. The van der Waals surface area contributed by atoms with Crippen molar-refractivity contribution >= 4 is 34.1 Å². The van der Waals surface area contributed by atoms with Crippen LogP contribution in [0.3, 0.4) is 0 Å². The maximum absolute atomic E-state index is 12.8. The molecule has 0 aliphatic carbocycles. The summed E-state index contributed by atoms with van der Waals surface area (Å²) in [4.78, 5) is 41.4. The van der Waals surface area contributed by atoms with E-state index in [9.17, 15) is 14.4 Å². The normalized spacial score (nSPS) is 18.1. The van der Waals surface area contributed by atoms with Gasteiger partial charge in [-0.05, 0) is 55.9 Å². The molecule has 2 aromatic heterocycles. The van der Waals surface area contributed by atoms with Gasteiger partial charge < -0.3 is 19.5 Å². The molecular formula is C21H25N3O4S. The van der Waals surface area contributed by atoms with Gasteiger partial charge in [-0.3, -0.25) is 14.4 Å². The zero-order chi connectivity index (χ0) is 20.2. The molecule has 0 aromatic carbocycles. The molecule has 2 aromatic rings. The highest BCUT2D eigenvalue weighted by molar-refractivity contribution is 7.18. The van der Waals surface area contributed by atoms with Crippen LogP contribution in [0.25, 0.3) is 0 Å². The zero-order valence-corrected chi connectivity index (χ0v) is 17.1. The third-order valence-corrected chi connectivity index (χ3v) is 6.59. The van der Waals surface area contributed by atoms with Crippen molar-refractivity contribution in [3.05, 3.63) is 41.2 Å². The molecule has 0 radical (unpaired) electrons. The third-order valence-electron chi connectivity index (χ3n) is 5.60. The largest absolute Gasteiger partial charge is 0.459 e. The zero-order valence-electron chi connectivity index (χ0n) is 16.3. The van der Waals surface area contributed by atoms with Crippen LogP contribution in [0.2, 0.25) is 0 Å². The van der Waals surface area contributed by atoms with Crippen LogP contribution >= 0.6 is 11.3 Å². The van der Waals surface area contributed by atoms with E-state index in [2.05, 4.69) is 5.32 Å².